The fourth-order valence-electron chi connectivity index (χ4n) is 2.54. The molecule has 1 aromatic carbocycles. The summed E-state index contributed by atoms with van der Waals surface area (Å²) >= 11 is 0. The first-order valence-electron chi connectivity index (χ1n) is 6.81. The number of aliphatic hydroxyl groups is 1. The van der Waals surface area contributed by atoms with Gasteiger partial charge in [0.2, 0.25) is 0 Å². The molecule has 1 fully saturated rings. The van der Waals surface area contributed by atoms with Crippen molar-refractivity contribution in [3.8, 4) is 11.5 Å². The van der Waals surface area contributed by atoms with Gasteiger partial charge in [-0.3, -0.25) is 4.79 Å². The van der Waals surface area contributed by atoms with Gasteiger partial charge in [-0.15, -0.1) is 0 Å². The fraction of sp³-hybridized carbons (Fsp3) is 0.533. The van der Waals surface area contributed by atoms with E-state index in [0.717, 1.165) is 19.4 Å². The van der Waals surface area contributed by atoms with Gasteiger partial charge in [-0.2, -0.15) is 0 Å². The van der Waals surface area contributed by atoms with Gasteiger partial charge in [-0.1, -0.05) is 0 Å². The van der Waals surface area contributed by atoms with Crippen molar-refractivity contribution in [1.29, 1.82) is 0 Å². The molecule has 1 N–H and O–H groups in total. The quantitative estimate of drug-likeness (QED) is 0.908. The summed E-state index contributed by atoms with van der Waals surface area (Å²) in [6.45, 7) is 1.46. The summed E-state index contributed by atoms with van der Waals surface area (Å²) in [5.41, 5.74) is 0.534. The Hall–Kier alpha value is -1.75. The van der Waals surface area contributed by atoms with Crippen LogP contribution in [0.25, 0.3) is 0 Å². The highest BCUT2D eigenvalue weighted by Crippen LogP contribution is 2.27. The van der Waals surface area contributed by atoms with Crippen LogP contribution in [-0.2, 0) is 0 Å². The summed E-state index contributed by atoms with van der Waals surface area (Å²) in [5.74, 6) is 1.30. The summed E-state index contributed by atoms with van der Waals surface area (Å²) < 4.78 is 10.4. The van der Waals surface area contributed by atoms with Gasteiger partial charge in [-0.25, -0.2) is 0 Å². The van der Waals surface area contributed by atoms with E-state index in [1.165, 1.54) is 7.11 Å². The van der Waals surface area contributed by atoms with Crippen molar-refractivity contribution in [2.24, 2.45) is 5.92 Å². The second-order valence-electron chi connectivity index (χ2n) is 5.01. The number of benzene rings is 1. The molecule has 20 heavy (non-hydrogen) atoms. The number of ether oxygens (including phenoxy) is 2. The molecule has 1 aliphatic rings. The molecule has 1 unspecified atom stereocenters. The molecule has 0 spiro atoms. The lowest BCUT2D eigenvalue weighted by Crippen LogP contribution is -2.41. The Morgan fingerprint density at radius 2 is 2.20 bits per heavy atom. The summed E-state index contributed by atoms with van der Waals surface area (Å²) in [4.78, 5) is 14.4. The fourth-order valence-corrected chi connectivity index (χ4v) is 2.54. The van der Waals surface area contributed by atoms with E-state index < -0.39 is 0 Å². The second kappa shape index (κ2) is 6.61. The van der Waals surface area contributed by atoms with Crippen LogP contribution in [0.2, 0.25) is 0 Å². The van der Waals surface area contributed by atoms with Crippen LogP contribution in [0.1, 0.15) is 23.2 Å². The Labute approximate surface area is 119 Å². The van der Waals surface area contributed by atoms with E-state index >= 15 is 0 Å². The molecule has 0 saturated carbocycles. The van der Waals surface area contributed by atoms with Crippen LogP contribution in [0.3, 0.4) is 0 Å². The summed E-state index contributed by atoms with van der Waals surface area (Å²) in [6.07, 6.45) is 1.90. The zero-order valence-electron chi connectivity index (χ0n) is 12.0. The van der Waals surface area contributed by atoms with Crippen molar-refractivity contribution in [3.05, 3.63) is 23.8 Å². The first-order valence-corrected chi connectivity index (χ1v) is 6.81. The lowest BCUT2D eigenvalue weighted by Gasteiger charge is -2.32. The molecule has 0 aromatic heterocycles. The number of amides is 1. The number of carbonyl (C=O) groups excluding carboxylic acids is 1. The number of aliphatic hydroxyl groups excluding tert-OH is 1. The van der Waals surface area contributed by atoms with Crippen molar-refractivity contribution in [2.45, 2.75) is 12.8 Å². The minimum atomic E-state index is -0.0531. The largest absolute Gasteiger partial charge is 0.497 e. The number of carbonyl (C=O) groups is 1. The van der Waals surface area contributed by atoms with E-state index in [0.29, 0.717) is 23.6 Å². The van der Waals surface area contributed by atoms with Crippen LogP contribution < -0.4 is 9.47 Å². The molecule has 110 valence electrons. The van der Waals surface area contributed by atoms with Gasteiger partial charge in [0, 0.05) is 25.8 Å². The Morgan fingerprint density at radius 1 is 1.40 bits per heavy atom. The van der Waals surface area contributed by atoms with E-state index in [9.17, 15) is 9.90 Å². The molecule has 0 aliphatic carbocycles. The maximum absolute atomic E-state index is 12.6. The third-order valence-electron chi connectivity index (χ3n) is 3.70. The third kappa shape index (κ3) is 3.04. The first-order chi connectivity index (χ1) is 9.69. The molecular weight excluding hydrogens is 258 g/mol. The second-order valence-corrected chi connectivity index (χ2v) is 5.01. The highest BCUT2D eigenvalue weighted by atomic mass is 16.5. The molecule has 0 bridgehead atoms. The first kappa shape index (κ1) is 14.7. The van der Waals surface area contributed by atoms with Gasteiger partial charge in [0.1, 0.15) is 11.5 Å². The SMILES string of the molecule is COc1ccc(C(=O)N2CCCC(CO)C2)c(OC)c1. The van der Waals surface area contributed by atoms with Gasteiger partial charge < -0.3 is 19.5 Å². The van der Waals surface area contributed by atoms with Crippen molar-refractivity contribution < 1.29 is 19.4 Å². The number of likely N-dealkylation sites (tertiary alicyclic amines) is 1. The molecule has 1 saturated heterocycles. The maximum Gasteiger partial charge on any atom is 0.257 e. The molecule has 1 aromatic rings. The number of hydrogen-bond donors (Lipinski definition) is 1. The molecule has 1 amide bonds. The Kier molecular flexibility index (Phi) is 4.84. The van der Waals surface area contributed by atoms with E-state index in [1.807, 2.05) is 0 Å². The predicted octanol–water partition coefficient (Wildman–Crippen LogP) is 1.55. The summed E-state index contributed by atoms with van der Waals surface area (Å²) in [7, 11) is 3.12. The zero-order chi connectivity index (χ0) is 14.5. The number of hydrogen-bond acceptors (Lipinski definition) is 4. The molecule has 5 nitrogen and oxygen atoms in total. The molecule has 0 radical (unpaired) electrons. The van der Waals surface area contributed by atoms with Crippen molar-refractivity contribution >= 4 is 5.91 Å². The van der Waals surface area contributed by atoms with Crippen LogP contribution in [0.5, 0.6) is 11.5 Å². The van der Waals surface area contributed by atoms with Crippen LogP contribution in [0.15, 0.2) is 18.2 Å². The lowest BCUT2D eigenvalue weighted by atomic mass is 9.98. The van der Waals surface area contributed by atoms with Gasteiger partial charge >= 0.3 is 0 Å². The molecule has 1 heterocycles. The Bertz CT molecular complexity index is 475. The van der Waals surface area contributed by atoms with E-state index in [4.69, 9.17) is 9.47 Å². The number of methoxy groups -OCH3 is 2. The van der Waals surface area contributed by atoms with Gasteiger partial charge in [0.05, 0.1) is 19.8 Å². The number of rotatable bonds is 4. The van der Waals surface area contributed by atoms with Crippen LogP contribution in [-0.4, -0.2) is 49.8 Å². The average Bonchev–Trinajstić information content (AvgIpc) is 2.53. The Balaban J connectivity index is 2.19. The Morgan fingerprint density at radius 3 is 2.85 bits per heavy atom. The average molecular weight is 279 g/mol. The molecular formula is C15H21NO4. The highest BCUT2D eigenvalue weighted by molar-refractivity contribution is 5.97. The van der Waals surface area contributed by atoms with Crippen molar-refractivity contribution in [2.75, 3.05) is 33.9 Å². The topological polar surface area (TPSA) is 59.0 Å². The van der Waals surface area contributed by atoms with Gasteiger partial charge in [-0.05, 0) is 30.9 Å². The van der Waals surface area contributed by atoms with Crippen molar-refractivity contribution in [3.63, 3.8) is 0 Å². The van der Waals surface area contributed by atoms with Crippen LogP contribution in [0, 0.1) is 5.92 Å². The van der Waals surface area contributed by atoms with Gasteiger partial charge in [0.15, 0.2) is 0 Å². The molecule has 2 rings (SSSR count). The summed E-state index contributed by atoms with van der Waals surface area (Å²) in [5, 5.41) is 9.25. The monoisotopic (exact) mass is 279 g/mol. The summed E-state index contributed by atoms with van der Waals surface area (Å²) in [6, 6.07) is 5.19. The minimum absolute atomic E-state index is 0.0531. The van der Waals surface area contributed by atoms with E-state index in [2.05, 4.69) is 0 Å². The van der Waals surface area contributed by atoms with E-state index in [-0.39, 0.29) is 18.4 Å². The highest BCUT2D eigenvalue weighted by Gasteiger charge is 2.26. The van der Waals surface area contributed by atoms with E-state index in [1.54, 1.807) is 30.2 Å². The minimum Gasteiger partial charge on any atom is -0.497 e. The maximum atomic E-state index is 12.6. The van der Waals surface area contributed by atoms with Crippen LogP contribution >= 0.6 is 0 Å². The zero-order valence-corrected chi connectivity index (χ0v) is 12.0. The number of piperidine rings is 1. The normalized spacial score (nSPS) is 18.8. The van der Waals surface area contributed by atoms with Gasteiger partial charge in [0.25, 0.3) is 5.91 Å². The standard InChI is InChI=1S/C15H21NO4/c1-19-12-5-6-13(14(8-12)20-2)15(18)16-7-3-4-11(9-16)10-17/h5-6,8,11,17H,3-4,7,9-10H2,1-2H3. The van der Waals surface area contributed by atoms with Crippen molar-refractivity contribution in [1.82, 2.24) is 4.90 Å². The smallest absolute Gasteiger partial charge is 0.257 e. The number of nitrogens with zero attached hydrogens (tertiary/aromatic N) is 1. The predicted molar refractivity (Wildman–Crippen MR) is 75.3 cm³/mol. The lowest BCUT2D eigenvalue weighted by molar-refractivity contribution is 0.0617. The molecule has 1 aliphatic heterocycles. The third-order valence-corrected chi connectivity index (χ3v) is 3.70. The molecule has 5 heteroatoms. The van der Waals surface area contributed by atoms with Crippen LogP contribution in [0.4, 0.5) is 0 Å². The molecule has 1 atom stereocenters.